The topological polar surface area (TPSA) is 103 Å². The Morgan fingerprint density at radius 1 is 1.36 bits per heavy atom. The molecular weight excluding hydrogens is 324 g/mol. The molecule has 0 aliphatic carbocycles. The molecule has 1 atom stereocenters. The smallest absolute Gasteiger partial charge is 0.309 e. The van der Waals surface area contributed by atoms with Gasteiger partial charge in [0, 0.05) is 45.4 Å². The normalized spacial score (nSPS) is 22.3. The molecule has 0 bridgehead atoms. The molecule has 2 saturated heterocycles. The number of carboxylic acids is 1. The molecule has 1 aromatic heterocycles. The van der Waals surface area contributed by atoms with Crippen LogP contribution in [0.5, 0.6) is 0 Å². The van der Waals surface area contributed by atoms with E-state index in [4.69, 9.17) is 0 Å². The van der Waals surface area contributed by atoms with Crippen LogP contribution >= 0.6 is 0 Å². The quantitative estimate of drug-likeness (QED) is 0.833. The SMILES string of the molecule is CNc1cc(C(=O)N2CCC3(CC2)[C@@H](C(=O)O)CC(=O)N3C)ccn1. The monoisotopic (exact) mass is 346 g/mol. The molecule has 2 fully saturated rings. The van der Waals surface area contributed by atoms with Crippen LogP contribution in [0.15, 0.2) is 18.3 Å². The number of nitrogens with zero attached hydrogens (tertiary/aromatic N) is 3. The number of rotatable bonds is 3. The van der Waals surface area contributed by atoms with Crippen LogP contribution in [-0.4, -0.2) is 70.4 Å². The first kappa shape index (κ1) is 17.2. The van der Waals surface area contributed by atoms with Crippen LogP contribution in [0, 0.1) is 5.92 Å². The van der Waals surface area contributed by atoms with E-state index in [1.807, 2.05) is 0 Å². The molecule has 2 aliphatic heterocycles. The Morgan fingerprint density at radius 2 is 2.04 bits per heavy atom. The van der Waals surface area contributed by atoms with Gasteiger partial charge in [0.2, 0.25) is 5.91 Å². The lowest BCUT2D eigenvalue weighted by molar-refractivity contribution is -0.145. The Morgan fingerprint density at radius 3 is 2.64 bits per heavy atom. The van der Waals surface area contributed by atoms with Gasteiger partial charge in [0.15, 0.2) is 0 Å². The highest BCUT2D eigenvalue weighted by atomic mass is 16.4. The van der Waals surface area contributed by atoms with E-state index >= 15 is 0 Å². The zero-order valence-corrected chi connectivity index (χ0v) is 14.4. The maximum Gasteiger partial charge on any atom is 0.309 e. The van der Waals surface area contributed by atoms with Crippen LogP contribution in [0.25, 0.3) is 0 Å². The highest BCUT2D eigenvalue weighted by Gasteiger charge is 2.55. The number of piperidine rings is 1. The van der Waals surface area contributed by atoms with Crippen molar-refractivity contribution in [2.24, 2.45) is 5.92 Å². The van der Waals surface area contributed by atoms with Crippen molar-refractivity contribution in [2.45, 2.75) is 24.8 Å². The van der Waals surface area contributed by atoms with Crippen molar-refractivity contribution in [1.82, 2.24) is 14.8 Å². The Bertz CT molecular complexity index is 712. The van der Waals surface area contributed by atoms with Gasteiger partial charge < -0.3 is 20.2 Å². The summed E-state index contributed by atoms with van der Waals surface area (Å²) in [5.41, 5.74) is -0.144. The lowest BCUT2D eigenvalue weighted by atomic mass is 9.77. The molecule has 2 amide bonds. The first-order chi connectivity index (χ1) is 11.9. The molecule has 0 radical (unpaired) electrons. The number of hydrogen-bond donors (Lipinski definition) is 2. The second kappa shape index (κ2) is 6.34. The van der Waals surface area contributed by atoms with E-state index in [1.165, 1.54) is 0 Å². The minimum absolute atomic E-state index is 0.0374. The third kappa shape index (κ3) is 2.81. The summed E-state index contributed by atoms with van der Waals surface area (Å²) in [6.45, 7) is 0.856. The number of carbonyl (C=O) groups is 3. The molecule has 1 spiro atoms. The van der Waals surface area contributed by atoms with Crippen LogP contribution in [-0.2, 0) is 9.59 Å². The summed E-state index contributed by atoms with van der Waals surface area (Å²) in [7, 11) is 3.41. The molecule has 25 heavy (non-hydrogen) atoms. The largest absolute Gasteiger partial charge is 0.481 e. The van der Waals surface area contributed by atoms with Crippen molar-refractivity contribution in [3.05, 3.63) is 23.9 Å². The molecule has 2 N–H and O–H groups in total. The number of anilines is 1. The Hall–Kier alpha value is -2.64. The van der Waals surface area contributed by atoms with Crippen LogP contribution < -0.4 is 5.32 Å². The van der Waals surface area contributed by atoms with Gasteiger partial charge in [-0.05, 0) is 25.0 Å². The average Bonchev–Trinajstić information content (AvgIpc) is 2.87. The predicted molar refractivity (Wildman–Crippen MR) is 90.2 cm³/mol. The summed E-state index contributed by atoms with van der Waals surface area (Å²) in [5, 5.41) is 12.4. The van der Waals surface area contributed by atoms with Crippen LogP contribution in [0.4, 0.5) is 5.82 Å². The molecule has 8 heteroatoms. The minimum Gasteiger partial charge on any atom is -0.481 e. The van der Waals surface area contributed by atoms with Crippen LogP contribution in [0.1, 0.15) is 29.6 Å². The zero-order valence-electron chi connectivity index (χ0n) is 14.4. The Kier molecular flexibility index (Phi) is 4.36. The van der Waals surface area contributed by atoms with Gasteiger partial charge in [-0.3, -0.25) is 14.4 Å². The lowest BCUT2D eigenvalue weighted by Crippen LogP contribution is -2.56. The number of amides is 2. The first-order valence-corrected chi connectivity index (χ1v) is 8.31. The molecule has 0 unspecified atom stereocenters. The van der Waals surface area contributed by atoms with E-state index in [0.29, 0.717) is 37.3 Å². The zero-order chi connectivity index (χ0) is 18.2. The minimum atomic E-state index is -0.940. The van der Waals surface area contributed by atoms with Crippen molar-refractivity contribution < 1.29 is 19.5 Å². The molecule has 134 valence electrons. The third-order valence-electron chi connectivity index (χ3n) is 5.55. The van der Waals surface area contributed by atoms with Crippen molar-refractivity contribution in [3.8, 4) is 0 Å². The summed E-state index contributed by atoms with van der Waals surface area (Å²) in [6, 6.07) is 3.36. The van der Waals surface area contributed by atoms with E-state index in [0.717, 1.165) is 0 Å². The van der Waals surface area contributed by atoms with Gasteiger partial charge in [0.25, 0.3) is 5.91 Å². The maximum absolute atomic E-state index is 12.7. The summed E-state index contributed by atoms with van der Waals surface area (Å²) >= 11 is 0. The van der Waals surface area contributed by atoms with E-state index in [2.05, 4.69) is 10.3 Å². The Labute approximate surface area is 145 Å². The fourth-order valence-electron chi connectivity index (χ4n) is 3.96. The van der Waals surface area contributed by atoms with Gasteiger partial charge in [-0.2, -0.15) is 0 Å². The van der Waals surface area contributed by atoms with E-state index in [1.54, 1.807) is 42.2 Å². The molecular formula is C17H22N4O4. The van der Waals surface area contributed by atoms with Crippen molar-refractivity contribution >= 4 is 23.6 Å². The number of pyridine rings is 1. The van der Waals surface area contributed by atoms with Gasteiger partial charge in [-0.25, -0.2) is 4.98 Å². The second-order valence-electron chi connectivity index (χ2n) is 6.62. The fraction of sp³-hybridized carbons (Fsp3) is 0.529. The lowest BCUT2D eigenvalue weighted by Gasteiger charge is -2.45. The number of likely N-dealkylation sites (tertiary alicyclic amines) is 2. The molecule has 3 rings (SSSR count). The molecule has 8 nitrogen and oxygen atoms in total. The summed E-state index contributed by atoms with van der Waals surface area (Å²) in [5.74, 6) is -1.27. The van der Waals surface area contributed by atoms with Gasteiger partial charge in [0.1, 0.15) is 5.82 Å². The number of aromatic nitrogens is 1. The highest BCUT2D eigenvalue weighted by molar-refractivity contribution is 5.95. The van der Waals surface area contributed by atoms with Crippen LogP contribution in [0.2, 0.25) is 0 Å². The number of carbonyl (C=O) groups excluding carboxylic acids is 2. The molecule has 2 aliphatic rings. The summed E-state index contributed by atoms with van der Waals surface area (Å²) < 4.78 is 0. The van der Waals surface area contributed by atoms with Crippen molar-refractivity contribution in [3.63, 3.8) is 0 Å². The van der Waals surface area contributed by atoms with Gasteiger partial charge in [0.05, 0.1) is 11.5 Å². The fourth-order valence-corrected chi connectivity index (χ4v) is 3.96. The third-order valence-corrected chi connectivity index (χ3v) is 5.55. The Balaban J connectivity index is 1.75. The van der Waals surface area contributed by atoms with E-state index < -0.39 is 17.4 Å². The predicted octanol–water partition coefficient (Wildman–Crippen LogP) is 0.661. The molecule has 1 aromatic rings. The summed E-state index contributed by atoms with van der Waals surface area (Å²) in [4.78, 5) is 43.7. The first-order valence-electron chi connectivity index (χ1n) is 8.31. The van der Waals surface area contributed by atoms with Crippen molar-refractivity contribution in [2.75, 3.05) is 32.5 Å². The van der Waals surface area contributed by atoms with E-state index in [9.17, 15) is 19.5 Å². The van der Waals surface area contributed by atoms with Gasteiger partial charge >= 0.3 is 5.97 Å². The van der Waals surface area contributed by atoms with Crippen molar-refractivity contribution in [1.29, 1.82) is 0 Å². The number of hydrogen-bond acceptors (Lipinski definition) is 5. The number of aliphatic carboxylic acids is 1. The molecule has 0 saturated carbocycles. The molecule has 0 aromatic carbocycles. The second-order valence-corrected chi connectivity index (χ2v) is 6.62. The number of nitrogens with one attached hydrogen (secondary N) is 1. The number of carboxylic acid groups (broad SMARTS) is 1. The summed E-state index contributed by atoms with van der Waals surface area (Å²) in [6.07, 6.45) is 2.56. The van der Waals surface area contributed by atoms with Gasteiger partial charge in [-0.1, -0.05) is 0 Å². The maximum atomic E-state index is 12.7. The van der Waals surface area contributed by atoms with E-state index in [-0.39, 0.29) is 18.2 Å². The standard InChI is InChI=1S/C17H22N4O4/c1-18-13-9-11(3-6-19-13)15(23)21-7-4-17(5-8-21)12(16(24)25)10-14(22)20(17)2/h3,6,9,12H,4-5,7-8,10H2,1-2H3,(H,18,19)(H,24,25)/t12-/m1/s1. The highest BCUT2D eigenvalue weighted by Crippen LogP contribution is 2.43. The average molecular weight is 346 g/mol. The van der Waals surface area contributed by atoms with Gasteiger partial charge in [-0.15, -0.1) is 0 Å². The molecule has 3 heterocycles. The van der Waals surface area contributed by atoms with Crippen LogP contribution in [0.3, 0.4) is 0 Å².